The third-order valence-corrected chi connectivity index (χ3v) is 7.16. The van der Waals surface area contributed by atoms with Crippen LogP contribution in [0.1, 0.15) is 58.7 Å². The van der Waals surface area contributed by atoms with Crippen molar-refractivity contribution in [2.75, 3.05) is 6.54 Å². The van der Waals surface area contributed by atoms with E-state index in [9.17, 15) is 9.59 Å². The smallest absolute Gasteiger partial charge is 0.264 e. The Balaban J connectivity index is 1.60. The number of benzene rings is 2. The van der Waals surface area contributed by atoms with Gasteiger partial charge in [-0.2, -0.15) is 0 Å². The zero-order valence-electron chi connectivity index (χ0n) is 22.6. The number of carbonyl (C=O) groups excluding carboxylic acids is 1. The Hall–Kier alpha value is -4.46. The minimum atomic E-state index is -0.354. The lowest BCUT2D eigenvalue weighted by atomic mass is 10.0. The Morgan fingerprint density at radius 1 is 1.08 bits per heavy atom. The van der Waals surface area contributed by atoms with Crippen LogP contribution in [0.5, 0.6) is 0 Å². The van der Waals surface area contributed by atoms with Gasteiger partial charge in [0.15, 0.2) is 5.58 Å². The number of hydrogen-bond donors (Lipinski definition) is 0. The first kappa shape index (κ1) is 26.2. The molecule has 2 aromatic carbocycles. The average molecular weight is 524 g/mol. The molecule has 8 nitrogen and oxygen atoms in total. The number of hydrogen-bond acceptors (Lipinski definition) is 5. The van der Waals surface area contributed by atoms with Gasteiger partial charge in [-0.15, -0.1) is 0 Å². The summed E-state index contributed by atoms with van der Waals surface area (Å²) in [5.74, 6) is -0.0694. The highest BCUT2D eigenvalue weighted by Crippen LogP contribution is 2.29. The van der Waals surface area contributed by atoms with Crippen molar-refractivity contribution in [2.45, 2.75) is 52.7 Å². The number of fused-ring (bicyclic) bond motifs is 1. The van der Waals surface area contributed by atoms with Gasteiger partial charge >= 0.3 is 0 Å². The van der Waals surface area contributed by atoms with Crippen LogP contribution < -0.4 is 5.56 Å². The fraction of sp³-hybridized carbons (Fsp3) is 0.290. The zero-order chi connectivity index (χ0) is 27.4. The van der Waals surface area contributed by atoms with Crippen LogP contribution >= 0.6 is 0 Å². The summed E-state index contributed by atoms with van der Waals surface area (Å²) >= 11 is 0. The van der Waals surface area contributed by atoms with Crippen LogP contribution in [0.3, 0.4) is 0 Å². The maximum atomic E-state index is 14.0. The normalized spacial score (nSPS) is 12.1. The first-order chi connectivity index (χ1) is 19.0. The number of aryl methyl sites for hydroxylation is 3. The summed E-state index contributed by atoms with van der Waals surface area (Å²) in [7, 11) is 0. The van der Waals surface area contributed by atoms with E-state index in [2.05, 4.69) is 10.1 Å². The molecule has 3 aromatic heterocycles. The van der Waals surface area contributed by atoms with E-state index >= 15 is 0 Å². The Labute approximate surface area is 227 Å². The van der Waals surface area contributed by atoms with Gasteiger partial charge in [-0.3, -0.25) is 9.59 Å². The van der Waals surface area contributed by atoms with Crippen LogP contribution in [0.2, 0.25) is 0 Å². The van der Waals surface area contributed by atoms with E-state index in [4.69, 9.17) is 4.52 Å². The van der Waals surface area contributed by atoms with Crippen LogP contribution in [0.15, 0.2) is 88.7 Å². The summed E-state index contributed by atoms with van der Waals surface area (Å²) in [6.45, 7) is 7.45. The van der Waals surface area contributed by atoms with Gasteiger partial charge in [0.2, 0.25) is 0 Å². The number of rotatable bonds is 10. The van der Waals surface area contributed by atoms with E-state index in [0.29, 0.717) is 41.7 Å². The molecule has 1 amide bonds. The SMILES string of the molecule is CCC(c1cc2onc(C)c2c(=O)n1Cc1ccccc1)N(CCCn1ccnc1)C(=O)c1ccc(C)cc1. The predicted molar refractivity (Wildman–Crippen MR) is 151 cm³/mol. The molecule has 0 aliphatic carbocycles. The molecule has 5 rings (SSSR count). The number of nitrogens with zero attached hydrogens (tertiary/aromatic N) is 5. The fourth-order valence-electron chi connectivity index (χ4n) is 5.11. The third kappa shape index (κ3) is 5.55. The zero-order valence-corrected chi connectivity index (χ0v) is 22.6. The summed E-state index contributed by atoms with van der Waals surface area (Å²) in [5.41, 5.74) is 4.28. The van der Waals surface area contributed by atoms with Gasteiger partial charge in [-0.25, -0.2) is 4.98 Å². The van der Waals surface area contributed by atoms with E-state index in [0.717, 1.165) is 29.8 Å². The van der Waals surface area contributed by atoms with Crippen molar-refractivity contribution in [3.63, 3.8) is 0 Å². The van der Waals surface area contributed by atoms with Gasteiger partial charge in [-0.05, 0) is 44.4 Å². The first-order valence-electron chi connectivity index (χ1n) is 13.3. The maximum absolute atomic E-state index is 14.0. The van der Waals surface area contributed by atoms with Crippen molar-refractivity contribution in [1.29, 1.82) is 0 Å². The van der Waals surface area contributed by atoms with Gasteiger partial charge in [0.1, 0.15) is 5.39 Å². The van der Waals surface area contributed by atoms with Crippen molar-refractivity contribution in [3.05, 3.63) is 118 Å². The highest BCUT2D eigenvalue weighted by molar-refractivity contribution is 5.94. The quantitative estimate of drug-likeness (QED) is 0.240. The Kier molecular flexibility index (Phi) is 7.72. The standard InChI is InChI=1S/C31H33N5O3/c1-4-26(35(17-8-16-34-18-15-32-21-34)30(37)25-13-11-22(2)12-14-25)27-19-28-29(23(3)33-39-28)31(38)36(27)20-24-9-6-5-7-10-24/h5-7,9-15,18-19,21,26H,4,8,16-17,20H2,1-3H3. The molecule has 3 heterocycles. The Morgan fingerprint density at radius 3 is 2.54 bits per heavy atom. The molecule has 0 bridgehead atoms. The molecule has 0 saturated carbocycles. The van der Waals surface area contributed by atoms with Gasteiger partial charge in [0.05, 0.1) is 24.6 Å². The van der Waals surface area contributed by atoms with Crippen molar-refractivity contribution in [2.24, 2.45) is 0 Å². The van der Waals surface area contributed by atoms with Crippen molar-refractivity contribution in [3.8, 4) is 0 Å². The summed E-state index contributed by atoms with van der Waals surface area (Å²) in [6.07, 6.45) is 6.80. The largest absolute Gasteiger partial charge is 0.356 e. The predicted octanol–water partition coefficient (Wildman–Crippen LogP) is 5.53. The molecule has 0 fully saturated rings. The second-order valence-corrected chi connectivity index (χ2v) is 9.90. The molecule has 39 heavy (non-hydrogen) atoms. The summed E-state index contributed by atoms with van der Waals surface area (Å²) in [6, 6.07) is 19.1. The molecule has 1 unspecified atom stereocenters. The first-order valence-corrected chi connectivity index (χ1v) is 13.3. The number of carbonyl (C=O) groups is 1. The third-order valence-electron chi connectivity index (χ3n) is 7.16. The molecule has 5 aromatic rings. The molecular weight excluding hydrogens is 490 g/mol. The molecule has 0 aliphatic rings. The molecule has 200 valence electrons. The molecule has 8 heteroatoms. The van der Waals surface area contributed by atoms with Crippen molar-refractivity contribution >= 4 is 16.9 Å². The van der Waals surface area contributed by atoms with E-state index in [1.165, 1.54) is 0 Å². The van der Waals surface area contributed by atoms with Crippen molar-refractivity contribution < 1.29 is 9.32 Å². The Morgan fingerprint density at radius 2 is 1.85 bits per heavy atom. The van der Waals surface area contributed by atoms with Crippen molar-refractivity contribution in [1.82, 2.24) is 24.2 Å². The van der Waals surface area contributed by atoms with Crippen LogP contribution in [-0.2, 0) is 13.1 Å². The minimum Gasteiger partial charge on any atom is -0.356 e. The van der Waals surface area contributed by atoms with E-state index in [-0.39, 0.29) is 17.5 Å². The Bertz CT molecular complexity index is 1600. The van der Waals surface area contributed by atoms with Gasteiger partial charge < -0.3 is 18.6 Å². The van der Waals surface area contributed by atoms with E-state index in [1.54, 1.807) is 24.0 Å². The molecule has 1 atom stereocenters. The molecule has 0 spiro atoms. The average Bonchev–Trinajstić information content (AvgIpc) is 3.60. The molecule has 0 N–H and O–H groups in total. The molecule has 0 saturated heterocycles. The maximum Gasteiger partial charge on any atom is 0.264 e. The summed E-state index contributed by atoms with van der Waals surface area (Å²) in [4.78, 5) is 33.9. The number of amides is 1. The van der Waals surface area contributed by atoms with Crippen LogP contribution in [0, 0.1) is 13.8 Å². The molecule has 0 radical (unpaired) electrons. The highest BCUT2D eigenvalue weighted by Gasteiger charge is 2.29. The van der Waals surface area contributed by atoms with Crippen LogP contribution in [0.4, 0.5) is 0 Å². The lowest BCUT2D eigenvalue weighted by molar-refractivity contribution is 0.0656. The fourth-order valence-corrected chi connectivity index (χ4v) is 5.11. The highest BCUT2D eigenvalue weighted by atomic mass is 16.5. The number of pyridine rings is 1. The summed E-state index contributed by atoms with van der Waals surface area (Å²) in [5, 5.41) is 4.54. The minimum absolute atomic E-state index is 0.0694. The lowest BCUT2D eigenvalue weighted by Gasteiger charge is -2.33. The van der Waals surface area contributed by atoms with E-state index < -0.39 is 0 Å². The van der Waals surface area contributed by atoms with Gasteiger partial charge in [0, 0.05) is 42.8 Å². The second kappa shape index (κ2) is 11.5. The number of imidazole rings is 1. The molecular formula is C31H33N5O3. The van der Waals surface area contributed by atoms with E-state index in [1.807, 2.05) is 90.2 Å². The molecule has 0 aliphatic heterocycles. The van der Waals surface area contributed by atoms with Gasteiger partial charge in [0.25, 0.3) is 11.5 Å². The van der Waals surface area contributed by atoms with Crippen LogP contribution in [-0.4, -0.2) is 36.6 Å². The second-order valence-electron chi connectivity index (χ2n) is 9.90. The van der Waals surface area contributed by atoms with Crippen LogP contribution in [0.25, 0.3) is 11.0 Å². The lowest BCUT2D eigenvalue weighted by Crippen LogP contribution is -2.39. The summed E-state index contributed by atoms with van der Waals surface area (Å²) < 4.78 is 9.34. The van der Waals surface area contributed by atoms with Gasteiger partial charge in [-0.1, -0.05) is 60.1 Å². The number of aromatic nitrogens is 4. The topological polar surface area (TPSA) is 86.2 Å². The monoisotopic (exact) mass is 523 g/mol.